The summed E-state index contributed by atoms with van der Waals surface area (Å²) >= 11 is 0. The molecule has 0 amide bonds. The minimum atomic E-state index is -4.46. The molecule has 2 aromatic carbocycles. The molecule has 1 heterocycles. The molecule has 3 aromatic rings. The largest absolute Gasteiger partial charge is 0.435 e. The van der Waals surface area contributed by atoms with Crippen LogP contribution >= 0.6 is 0 Å². The van der Waals surface area contributed by atoms with Crippen molar-refractivity contribution in [3.8, 4) is 11.5 Å². The van der Waals surface area contributed by atoms with E-state index in [1.54, 1.807) is 6.07 Å². The summed E-state index contributed by atoms with van der Waals surface area (Å²) in [5.74, 6) is 0.206. The number of benzene rings is 2. The van der Waals surface area contributed by atoms with Gasteiger partial charge in [0.2, 0.25) is 5.89 Å². The lowest BCUT2D eigenvalue weighted by atomic mass is 10.1. The highest BCUT2D eigenvalue weighted by molar-refractivity contribution is 5.79. The predicted octanol–water partition coefficient (Wildman–Crippen LogP) is 5.08. The third-order valence-electron chi connectivity index (χ3n) is 3.30. The number of halogens is 3. The van der Waals surface area contributed by atoms with Crippen LogP contribution < -0.4 is 0 Å². The van der Waals surface area contributed by atoms with Crippen molar-refractivity contribution in [2.24, 2.45) is 0 Å². The van der Waals surface area contributed by atoms with Gasteiger partial charge in [0, 0.05) is 5.56 Å². The minimum Gasteiger partial charge on any atom is -0.435 e. The van der Waals surface area contributed by atoms with Crippen LogP contribution in [0.2, 0.25) is 0 Å². The first-order valence-corrected chi connectivity index (χ1v) is 6.55. The van der Waals surface area contributed by atoms with Crippen molar-refractivity contribution < 1.29 is 17.6 Å². The molecule has 21 heavy (non-hydrogen) atoms. The SMILES string of the molecule is CCc1cccc(-c2nc3cccc(C(F)(F)F)c3o2)c1. The maximum atomic E-state index is 13.0. The maximum Gasteiger partial charge on any atom is 0.420 e. The van der Waals surface area contributed by atoms with Crippen molar-refractivity contribution in [2.45, 2.75) is 19.5 Å². The van der Waals surface area contributed by atoms with Crippen LogP contribution in [-0.2, 0) is 12.6 Å². The Kier molecular flexibility index (Phi) is 3.20. The van der Waals surface area contributed by atoms with E-state index in [0.29, 0.717) is 5.56 Å². The van der Waals surface area contributed by atoms with Gasteiger partial charge in [0.1, 0.15) is 11.1 Å². The molecule has 0 N–H and O–H groups in total. The van der Waals surface area contributed by atoms with E-state index in [4.69, 9.17) is 4.42 Å². The van der Waals surface area contributed by atoms with Gasteiger partial charge in [-0.15, -0.1) is 0 Å². The number of nitrogens with zero attached hydrogens (tertiary/aromatic N) is 1. The average molecular weight is 291 g/mol. The van der Waals surface area contributed by atoms with Crippen molar-refractivity contribution in [3.05, 3.63) is 53.6 Å². The molecule has 0 atom stereocenters. The average Bonchev–Trinajstić information content (AvgIpc) is 2.90. The number of hydrogen-bond acceptors (Lipinski definition) is 2. The zero-order chi connectivity index (χ0) is 15.0. The van der Waals surface area contributed by atoms with Crippen LogP contribution in [0.4, 0.5) is 13.2 Å². The highest BCUT2D eigenvalue weighted by Gasteiger charge is 2.34. The number of oxazole rings is 1. The second-order valence-corrected chi connectivity index (χ2v) is 4.72. The lowest BCUT2D eigenvalue weighted by Gasteiger charge is -2.05. The highest BCUT2D eigenvalue weighted by atomic mass is 19.4. The summed E-state index contributed by atoms with van der Waals surface area (Å²) in [7, 11) is 0. The Morgan fingerprint density at radius 1 is 1.10 bits per heavy atom. The Hall–Kier alpha value is -2.30. The highest BCUT2D eigenvalue weighted by Crippen LogP contribution is 2.36. The van der Waals surface area contributed by atoms with E-state index < -0.39 is 11.7 Å². The van der Waals surface area contributed by atoms with Gasteiger partial charge in [0.25, 0.3) is 0 Å². The molecule has 0 aliphatic heterocycles. The Morgan fingerprint density at radius 2 is 1.86 bits per heavy atom. The standard InChI is InChI=1S/C16H12F3NO/c1-2-10-5-3-6-11(9-10)15-20-13-8-4-7-12(14(13)21-15)16(17,18)19/h3-9H,2H2,1H3. The first kappa shape index (κ1) is 13.7. The Balaban J connectivity index is 2.17. The fourth-order valence-corrected chi connectivity index (χ4v) is 2.22. The quantitative estimate of drug-likeness (QED) is 0.658. The molecule has 1 aromatic heterocycles. The molecule has 2 nitrogen and oxygen atoms in total. The van der Waals surface area contributed by atoms with E-state index in [-0.39, 0.29) is 17.0 Å². The topological polar surface area (TPSA) is 26.0 Å². The molecular formula is C16H12F3NO. The minimum absolute atomic E-state index is 0.206. The number of aromatic nitrogens is 1. The fraction of sp³-hybridized carbons (Fsp3) is 0.188. The maximum absolute atomic E-state index is 13.0. The molecule has 0 fully saturated rings. The third-order valence-corrected chi connectivity index (χ3v) is 3.30. The normalized spacial score (nSPS) is 12.0. The summed E-state index contributed by atoms with van der Waals surface area (Å²) in [5.41, 5.74) is 0.943. The van der Waals surface area contributed by atoms with Crippen LogP contribution in [0, 0.1) is 0 Å². The van der Waals surface area contributed by atoms with Crippen molar-refractivity contribution in [2.75, 3.05) is 0 Å². The smallest absolute Gasteiger partial charge is 0.420 e. The van der Waals surface area contributed by atoms with Gasteiger partial charge in [0.05, 0.1) is 0 Å². The van der Waals surface area contributed by atoms with Gasteiger partial charge in [0.15, 0.2) is 5.58 Å². The molecule has 108 valence electrons. The Morgan fingerprint density at radius 3 is 2.57 bits per heavy atom. The van der Waals surface area contributed by atoms with Crippen LogP contribution in [-0.4, -0.2) is 4.98 Å². The van der Waals surface area contributed by atoms with Crippen LogP contribution in [0.15, 0.2) is 46.9 Å². The van der Waals surface area contributed by atoms with E-state index in [1.807, 2.05) is 25.1 Å². The van der Waals surface area contributed by atoms with Gasteiger partial charge in [-0.2, -0.15) is 13.2 Å². The second-order valence-electron chi connectivity index (χ2n) is 4.72. The summed E-state index contributed by atoms with van der Waals surface area (Å²) in [4.78, 5) is 4.17. The number of rotatable bonds is 2. The molecule has 3 rings (SSSR count). The lowest BCUT2D eigenvalue weighted by molar-refractivity contribution is -0.136. The molecule has 0 aliphatic rings. The van der Waals surface area contributed by atoms with Gasteiger partial charge in [-0.05, 0) is 36.2 Å². The molecule has 0 bridgehead atoms. The first-order chi connectivity index (χ1) is 9.99. The molecule has 0 radical (unpaired) electrons. The molecule has 0 aliphatic carbocycles. The zero-order valence-electron chi connectivity index (χ0n) is 11.2. The number of aryl methyl sites for hydroxylation is 1. The van der Waals surface area contributed by atoms with Gasteiger partial charge in [-0.1, -0.05) is 25.1 Å². The molecular weight excluding hydrogens is 279 g/mol. The fourth-order valence-electron chi connectivity index (χ4n) is 2.22. The predicted molar refractivity (Wildman–Crippen MR) is 73.8 cm³/mol. The third kappa shape index (κ3) is 2.51. The summed E-state index contributed by atoms with van der Waals surface area (Å²) < 4.78 is 44.3. The molecule has 0 saturated heterocycles. The van der Waals surface area contributed by atoms with Crippen molar-refractivity contribution >= 4 is 11.1 Å². The monoisotopic (exact) mass is 291 g/mol. The van der Waals surface area contributed by atoms with Gasteiger partial charge in [-0.25, -0.2) is 4.98 Å². The van der Waals surface area contributed by atoms with Gasteiger partial charge < -0.3 is 4.42 Å². The first-order valence-electron chi connectivity index (χ1n) is 6.55. The van der Waals surface area contributed by atoms with E-state index in [9.17, 15) is 13.2 Å². The summed E-state index contributed by atoms with van der Waals surface area (Å²) in [6.07, 6.45) is -3.62. The molecule has 5 heteroatoms. The Labute approximate surface area is 119 Å². The van der Waals surface area contributed by atoms with Crippen LogP contribution in [0.5, 0.6) is 0 Å². The summed E-state index contributed by atoms with van der Waals surface area (Å²) in [6, 6.07) is 11.3. The van der Waals surface area contributed by atoms with E-state index in [1.165, 1.54) is 12.1 Å². The summed E-state index contributed by atoms with van der Waals surface area (Å²) in [5, 5.41) is 0. The van der Waals surface area contributed by atoms with E-state index in [2.05, 4.69) is 4.98 Å². The zero-order valence-corrected chi connectivity index (χ0v) is 11.2. The molecule has 0 unspecified atom stereocenters. The van der Waals surface area contributed by atoms with Crippen molar-refractivity contribution in [1.82, 2.24) is 4.98 Å². The van der Waals surface area contributed by atoms with Gasteiger partial charge in [-0.3, -0.25) is 0 Å². The van der Waals surface area contributed by atoms with E-state index in [0.717, 1.165) is 18.1 Å². The summed E-state index contributed by atoms with van der Waals surface area (Å²) in [6.45, 7) is 2.01. The van der Waals surface area contributed by atoms with Crippen molar-refractivity contribution in [1.29, 1.82) is 0 Å². The molecule has 0 saturated carbocycles. The second kappa shape index (κ2) is 4.91. The van der Waals surface area contributed by atoms with Crippen LogP contribution in [0.3, 0.4) is 0 Å². The van der Waals surface area contributed by atoms with Gasteiger partial charge >= 0.3 is 6.18 Å². The molecule has 0 spiro atoms. The lowest BCUT2D eigenvalue weighted by Crippen LogP contribution is -2.04. The number of hydrogen-bond donors (Lipinski definition) is 0. The number of fused-ring (bicyclic) bond motifs is 1. The van der Waals surface area contributed by atoms with Crippen LogP contribution in [0.1, 0.15) is 18.1 Å². The number of para-hydroxylation sites is 1. The number of alkyl halides is 3. The van der Waals surface area contributed by atoms with Crippen molar-refractivity contribution in [3.63, 3.8) is 0 Å². The van der Waals surface area contributed by atoms with Crippen LogP contribution in [0.25, 0.3) is 22.6 Å². The Bertz CT molecular complexity index is 790. The van der Waals surface area contributed by atoms with E-state index >= 15 is 0 Å².